The van der Waals surface area contributed by atoms with Crippen molar-refractivity contribution in [1.82, 2.24) is 9.97 Å². The average Bonchev–Trinajstić information content (AvgIpc) is 2.53. The molecule has 0 saturated heterocycles. The van der Waals surface area contributed by atoms with E-state index in [1.807, 2.05) is 6.92 Å². The monoisotopic (exact) mass is 194 g/mol. The molecule has 0 bridgehead atoms. The second-order valence-electron chi connectivity index (χ2n) is 2.63. The van der Waals surface area contributed by atoms with Crippen LogP contribution in [0, 0.1) is 6.92 Å². The Kier molecular flexibility index (Phi) is 1.73. The fourth-order valence-corrected chi connectivity index (χ4v) is 1.97. The van der Waals surface area contributed by atoms with Crippen molar-refractivity contribution in [2.45, 2.75) is 6.92 Å². The van der Waals surface area contributed by atoms with Gasteiger partial charge in [0.1, 0.15) is 0 Å². The topological polar surface area (TPSA) is 63.1 Å². The average molecular weight is 194 g/mol. The van der Waals surface area contributed by atoms with Crippen molar-refractivity contribution < 1.29 is 9.90 Å². The molecule has 2 rings (SSSR count). The molecule has 66 valence electrons. The van der Waals surface area contributed by atoms with Gasteiger partial charge in [-0.3, -0.25) is 0 Å². The van der Waals surface area contributed by atoms with Crippen molar-refractivity contribution in [3.63, 3.8) is 0 Å². The lowest BCUT2D eigenvalue weighted by atomic mass is 10.2. The number of aromatic nitrogens is 2. The first-order valence-corrected chi connectivity index (χ1v) is 4.50. The van der Waals surface area contributed by atoms with Crippen LogP contribution in [0.1, 0.15) is 16.1 Å². The summed E-state index contributed by atoms with van der Waals surface area (Å²) in [7, 11) is 0. The number of carboxylic acid groups (broad SMARTS) is 1. The molecule has 0 amide bonds. The molecule has 0 aromatic carbocycles. The van der Waals surface area contributed by atoms with Gasteiger partial charge in [-0.2, -0.15) is 0 Å². The maximum absolute atomic E-state index is 10.7. The number of thiazole rings is 1. The van der Waals surface area contributed by atoms with Gasteiger partial charge in [-0.15, -0.1) is 11.3 Å². The van der Waals surface area contributed by atoms with Crippen LogP contribution in [0.25, 0.3) is 10.2 Å². The Morgan fingerprint density at radius 3 is 3.00 bits per heavy atom. The fourth-order valence-electron chi connectivity index (χ4n) is 1.13. The minimum Gasteiger partial charge on any atom is -0.476 e. The minimum atomic E-state index is -1.01. The summed E-state index contributed by atoms with van der Waals surface area (Å²) in [6.07, 6.45) is 1.53. The molecule has 0 aliphatic rings. The van der Waals surface area contributed by atoms with E-state index in [0.717, 1.165) is 11.1 Å². The molecule has 0 spiro atoms. The van der Waals surface area contributed by atoms with Crippen molar-refractivity contribution >= 4 is 27.5 Å². The lowest BCUT2D eigenvalue weighted by Crippen LogP contribution is -2.00. The number of nitrogens with zero attached hydrogens (tertiary/aromatic N) is 2. The highest BCUT2D eigenvalue weighted by Gasteiger charge is 2.13. The zero-order valence-corrected chi connectivity index (χ0v) is 7.63. The largest absolute Gasteiger partial charge is 0.476 e. The molecule has 0 atom stereocenters. The summed E-state index contributed by atoms with van der Waals surface area (Å²) < 4.78 is 0.646. The van der Waals surface area contributed by atoms with Gasteiger partial charge >= 0.3 is 5.97 Å². The lowest BCUT2D eigenvalue weighted by molar-refractivity contribution is 0.0693. The molecule has 1 N–H and O–H groups in total. The predicted octanol–water partition coefficient (Wildman–Crippen LogP) is 1.70. The van der Waals surface area contributed by atoms with Gasteiger partial charge in [0, 0.05) is 6.20 Å². The molecule has 2 heterocycles. The van der Waals surface area contributed by atoms with E-state index in [4.69, 9.17) is 5.11 Å². The number of aryl methyl sites for hydroxylation is 1. The van der Waals surface area contributed by atoms with Crippen LogP contribution in [0.2, 0.25) is 0 Å². The summed E-state index contributed by atoms with van der Waals surface area (Å²) in [4.78, 5) is 18.7. The number of carbonyl (C=O) groups is 1. The van der Waals surface area contributed by atoms with Crippen LogP contribution < -0.4 is 0 Å². The molecule has 0 radical (unpaired) electrons. The van der Waals surface area contributed by atoms with E-state index in [2.05, 4.69) is 9.97 Å². The molecule has 13 heavy (non-hydrogen) atoms. The maximum atomic E-state index is 10.7. The quantitative estimate of drug-likeness (QED) is 0.750. The van der Waals surface area contributed by atoms with Gasteiger partial charge in [0.05, 0.1) is 15.7 Å². The fraction of sp³-hybridized carbons (Fsp3) is 0.125. The highest BCUT2D eigenvalue weighted by molar-refractivity contribution is 7.17. The Labute approximate surface area is 77.9 Å². The third-order valence-electron chi connectivity index (χ3n) is 1.75. The summed E-state index contributed by atoms with van der Waals surface area (Å²) in [5.74, 6) is -1.01. The molecule has 0 unspecified atom stereocenters. The molecule has 0 aliphatic carbocycles. The van der Waals surface area contributed by atoms with Crippen molar-refractivity contribution in [3.05, 3.63) is 23.0 Å². The number of fused-ring (bicyclic) bond motifs is 1. The first-order chi connectivity index (χ1) is 6.20. The molecule has 4 nitrogen and oxygen atoms in total. The van der Waals surface area contributed by atoms with E-state index in [1.54, 1.807) is 5.51 Å². The van der Waals surface area contributed by atoms with E-state index in [1.165, 1.54) is 17.5 Å². The molecular weight excluding hydrogens is 188 g/mol. The Balaban J connectivity index is 2.86. The van der Waals surface area contributed by atoms with E-state index in [0.29, 0.717) is 4.70 Å². The van der Waals surface area contributed by atoms with Crippen LogP contribution in [-0.2, 0) is 0 Å². The van der Waals surface area contributed by atoms with Crippen LogP contribution in [0.15, 0.2) is 11.7 Å². The van der Waals surface area contributed by atoms with Gasteiger partial charge in [-0.1, -0.05) is 0 Å². The van der Waals surface area contributed by atoms with Gasteiger partial charge in [0.2, 0.25) is 0 Å². The molecule has 0 fully saturated rings. The zero-order valence-electron chi connectivity index (χ0n) is 6.81. The summed E-state index contributed by atoms with van der Waals surface area (Å²) in [6, 6.07) is 0. The maximum Gasteiger partial charge on any atom is 0.356 e. The second-order valence-corrected chi connectivity index (χ2v) is 3.48. The molecule has 2 aromatic heterocycles. The number of carboxylic acids is 1. The molecule has 0 saturated carbocycles. The van der Waals surface area contributed by atoms with Crippen LogP contribution in [0.3, 0.4) is 0 Å². The number of aromatic carboxylic acids is 1. The summed E-state index contributed by atoms with van der Waals surface area (Å²) in [5.41, 5.74) is 3.35. The van der Waals surface area contributed by atoms with E-state index in [9.17, 15) is 4.79 Å². The van der Waals surface area contributed by atoms with Gasteiger partial charge < -0.3 is 5.11 Å². The molecule has 0 aliphatic heterocycles. The Bertz CT molecular complexity index is 478. The molecular formula is C8H6N2O2S. The van der Waals surface area contributed by atoms with E-state index < -0.39 is 5.97 Å². The Morgan fingerprint density at radius 1 is 1.54 bits per heavy atom. The van der Waals surface area contributed by atoms with Crippen molar-refractivity contribution in [1.29, 1.82) is 0 Å². The number of hydrogen-bond donors (Lipinski definition) is 1. The van der Waals surface area contributed by atoms with Gasteiger partial charge in [-0.05, 0) is 12.5 Å². The smallest absolute Gasteiger partial charge is 0.356 e. The molecule has 2 aromatic rings. The highest BCUT2D eigenvalue weighted by Crippen LogP contribution is 2.23. The lowest BCUT2D eigenvalue weighted by Gasteiger charge is -1.96. The van der Waals surface area contributed by atoms with Crippen LogP contribution >= 0.6 is 11.3 Å². The number of pyridine rings is 1. The second kappa shape index (κ2) is 2.77. The van der Waals surface area contributed by atoms with Crippen molar-refractivity contribution in [2.24, 2.45) is 0 Å². The first-order valence-electron chi connectivity index (χ1n) is 3.62. The first kappa shape index (κ1) is 8.12. The Morgan fingerprint density at radius 2 is 2.31 bits per heavy atom. The van der Waals surface area contributed by atoms with Crippen LogP contribution in [0.4, 0.5) is 0 Å². The zero-order chi connectivity index (χ0) is 9.42. The SMILES string of the molecule is Cc1cnc(C(=O)O)c2scnc12. The van der Waals surface area contributed by atoms with Crippen LogP contribution in [0.5, 0.6) is 0 Å². The van der Waals surface area contributed by atoms with Gasteiger partial charge in [0.25, 0.3) is 0 Å². The number of hydrogen-bond acceptors (Lipinski definition) is 4. The minimum absolute atomic E-state index is 0.0862. The summed E-state index contributed by atoms with van der Waals surface area (Å²) in [5, 5.41) is 8.81. The normalized spacial score (nSPS) is 10.5. The van der Waals surface area contributed by atoms with Crippen LogP contribution in [-0.4, -0.2) is 21.0 Å². The summed E-state index contributed by atoms with van der Waals surface area (Å²) in [6.45, 7) is 1.86. The number of rotatable bonds is 1. The summed E-state index contributed by atoms with van der Waals surface area (Å²) >= 11 is 1.30. The van der Waals surface area contributed by atoms with Gasteiger partial charge in [0.15, 0.2) is 5.69 Å². The van der Waals surface area contributed by atoms with Gasteiger partial charge in [-0.25, -0.2) is 14.8 Å². The highest BCUT2D eigenvalue weighted by atomic mass is 32.1. The van der Waals surface area contributed by atoms with E-state index >= 15 is 0 Å². The predicted molar refractivity (Wildman–Crippen MR) is 49.1 cm³/mol. The van der Waals surface area contributed by atoms with E-state index in [-0.39, 0.29) is 5.69 Å². The molecule has 5 heteroatoms. The Hall–Kier alpha value is -1.49. The van der Waals surface area contributed by atoms with Crippen molar-refractivity contribution in [2.75, 3.05) is 0 Å². The third kappa shape index (κ3) is 1.17. The third-order valence-corrected chi connectivity index (χ3v) is 2.58. The van der Waals surface area contributed by atoms with Crippen molar-refractivity contribution in [3.8, 4) is 0 Å². The standard InChI is InChI=1S/C8H6N2O2S/c1-4-2-9-6(8(11)12)7-5(4)10-3-13-7/h2-3H,1H3,(H,11,12).